The third kappa shape index (κ3) is 5.44. The van der Waals surface area contributed by atoms with Gasteiger partial charge in [-0.3, -0.25) is 4.79 Å². The van der Waals surface area contributed by atoms with Gasteiger partial charge in [0.25, 0.3) is 0 Å². The maximum atomic E-state index is 12.1. The van der Waals surface area contributed by atoms with Gasteiger partial charge in [-0.2, -0.15) is 0 Å². The zero-order valence-electron chi connectivity index (χ0n) is 14.7. The molecule has 0 spiro atoms. The Morgan fingerprint density at radius 2 is 1.76 bits per heavy atom. The summed E-state index contributed by atoms with van der Waals surface area (Å²) in [5, 5.41) is 11.3. The number of carboxylic acids is 1. The number of hydrogen-bond donors (Lipinski definition) is 2. The summed E-state index contributed by atoms with van der Waals surface area (Å²) in [6.45, 7) is 2.84. The standard InChI is InChI=1S/C17H25N3O5/c1-24-14-10-13(11-15(12-14)25-2)19-6-3-7-20(9-8-19)17(23)18-5-4-16(21)22/h10-12H,3-9H2,1-2H3,(H,18,23)(H,21,22). The second-order valence-corrected chi connectivity index (χ2v) is 5.77. The van der Waals surface area contributed by atoms with E-state index in [-0.39, 0.29) is 19.0 Å². The van der Waals surface area contributed by atoms with E-state index in [2.05, 4.69) is 10.2 Å². The number of anilines is 1. The zero-order chi connectivity index (χ0) is 18.2. The quantitative estimate of drug-likeness (QED) is 0.805. The lowest BCUT2D eigenvalue weighted by atomic mass is 10.2. The topological polar surface area (TPSA) is 91.3 Å². The minimum atomic E-state index is -0.922. The second kappa shape index (κ2) is 9.00. The molecule has 0 aliphatic carbocycles. The molecule has 25 heavy (non-hydrogen) atoms. The van der Waals surface area contributed by atoms with Crippen molar-refractivity contribution in [3.8, 4) is 11.5 Å². The van der Waals surface area contributed by atoms with Gasteiger partial charge in [0.05, 0.1) is 20.6 Å². The summed E-state index contributed by atoms with van der Waals surface area (Å²) in [6, 6.07) is 5.51. The number of carboxylic acid groups (broad SMARTS) is 1. The average molecular weight is 351 g/mol. The maximum absolute atomic E-state index is 12.1. The third-order valence-electron chi connectivity index (χ3n) is 4.10. The minimum Gasteiger partial charge on any atom is -0.497 e. The van der Waals surface area contributed by atoms with Gasteiger partial charge >= 0.3 is 12.0 Å². The smallest absolute Gasteiger partial charge is 0.317 e. The highest BCUT2D eigenvalue weighted by Crippen LogP contribution is 2.29. The summed E-state index contributed by atoms with van der Waals surface area (Å²) in [7, 11) is 3.23. The van der Waals surface area contributed by atoms with Gasteiger partial charge in [-0.15, -0.1) is 0 Å². The van der Waals surface area contributed by atoms with Gasteiger partial charge in [-0.25, -0.2) is 4.79 Å². The Kier molecular flexibility index (Phi) is 6.73. The molecule has 1 aliphatic rings. The van der Waals surface area contributed by atoms with Crippen molar-refractivity contribution >= 4 is 17.7 Å². The number of amides is 2. The van der Waals surface area contributed by atoms with E-state index in [1.807, 2.05) is 18.2 Å². The summed E-state index contributed by atoms with van der Waals surface area (Å²) < 4.78 is 10.6. The Hall–Kier alpha value is -2.64. The Morgan fingerprint density at radius 3 is 2.36 bits per heavy atom. The minimum absolute atomic E-state index is 0.0741. The molecule has 1 saturated heterocycles. The average Bonchev–Trinajstić information content (AvgIpc) is 2.87. The van der Waals surface area contributed by atoms with Crippen molar-refractivity contribution in [1.29, 1.82) is 0 Å². The first-order valence-corrected chi connectivity index (χ1v) is 8.26. The molecule has 0 radical (unpaired) electrons. The molecule has 8 heteroatoms. The molecule has 0 bridgehead atoms. The maximum Gasteiger partial charge on any atom is 0.317 e. The van der Waals surface area contributed by atoms with Crippen LogP contribution >= 0.6 is 0 Å². The lowest BCUT2D eigenvalue weighted by molar-refractivity contribution is -0.136. The molecule has 138 valence electrons. The van der Waals surface area contributed by atoms with Crippen molar-refractivity contribution in [3.63, 3.8) is 0 Å². The van der Waals surface area contributed by atoms with E-state index in [0.29, 0.717) is 19.6 Å². The SMILES string of the molecule is COc1cc(OC)cc(N2CCCN(C(=O)NCCC(=O)O)CC2)c1. The number of aliphatic carboxylic acids is 1. The molecular weight excluding hydrogens is 326 g/mol. The number of carbonyl (C=O) groups excluding carboxylic acids is 1. The van der Waals surface area contributed by atoms with Crippen LogP contribution in [0.5, 0.6) is 11.5 Å². The highest BCUT2D eigenvalue weighted by molar-refractivity contribution is 5.75. The molecule has 2 N–H and O–H groups in total. The Morgan fingerprint density at radius 1 is 1.08 bits per heavy atom. The molecule has 2 amide bonds. The van der Waals surface area contributed by atoms with Crippen molar-refractivity contribution in [3.05, 3.63) is 18.2 Å². The summed E-state index contributed by atoms with van der Waals surface area (Å²) in [5.74, 6) is 0.526. The van der Waals surface area contributed by atoms with Crippen LogP contribution in [-0.4, -0.2) is 69.0 Å². The Balaban J connectivity index is 1.97. The number of ether oxygens (including phenoxy) is 2. The van der Waals surface area contributed by atoms with Crippen LogP contribution in [0.1, 0.15) is 12.8 Å². The lowest BCUT2D eigenvalue weighted by Gasteiger charge is -2.24. The molecule has 1 aromatic carbocycles. The molecule has 0 saturated carbocycles. The molecule has 0 aromatic heterocycles. The summed E-state index contributed by atoms with van der Waals surface area (Å²) in [6.07, 6.45) is 0.751. The molecule has 8 nitrogen and oxygen atoms in total. The van der Waals surface area contributed by atoms with Gasteiger partial charge in [-0.05, 0) is 6.42 Å². The van der Waals surface area contributed by atoms with Crippen LogP contribution in [0.4, 0.5) is 10.5 Å². The predicted molar refractivity (Wildman–Crippen MR) is 93.6 cm³/mol. The number of urea groups is 1. The van der Waals surface area contributed by atoms with Gasteiger partial charge in [0.1, 0.15) is 11.5 Å². The van der Waals surface area contributed by atoms with E-state index in [9.17, 15) is 9.59 Å². The van der Waals surface area contributed by atoms with Crippen LogP contribution in [0.3, 0.4) is 0 Å². The lowest BCUT2D eigenvalue weighted by Crippen LogP contribution is -2.42. The van der Waals surface area contributed by atoms with Gasteiger partial charge in [-0.1, -0.05) is 0 Å². The molecule has 2 rings (SSSR count). The van der Waals surface area contributed by atoms with Gasteiger partial charge in [0.2, 0.25) is 0 Å². The molecule has 1 aromatic rings. The van der Waals surface area contributed by atoms with Gasteiger partial charge < -0.3 is 29.7 Å². The van der Waals surface area contributed by atoms with Gasteiger partial charge in [0, 0.05) is 56.6 Å². The summed E-state index contributed by atoms with van der Waals surface area (Å²) >= 11 is 0. The van der Waals surface area contributed by atoms with E-state index < -0.39 is 5.97 Å². The number of nitrogens with one attached hydrogen (secondary N) is 1. The van der Waals surface area contributed by atoms with Crippen LogP contribution in [0.25, 0.3) is 0 Å². The van der Waals surface area contributed by atoms with Crippen LogP contribution in [0.2, 0.25) is 0 Å². The van der Waals surface area contributed by atoms with Crippen LogP contribution < -0.4 is 19.7 Å². The van der Waals surface area contributed by atoms with Gasteiger partial charge in [0.15, 0.2) is 0 Å². The number of nitrogens with zero attached hydrogens (tertiary/aromatic N) is 2. The molecule has 1 aliphatic heterocycles. The van der Waals surface area contributed by atoms with Crippen LogP contribution in [-0.2, 0) is 4.79 Å². The number of benzene rings is 1. The number of carbonyl (C=O) groups is 2. The second-order valence-electron chi connectivity index (χ2n) is 5.77. The largest absolute Gasteiger partial charge is 0.497 e. The highest BCUT2D eigenvalue weighted by atomic mass is 16.5. The first kappa shape index (κ1) is 18.7. The monoisotopic (exact) mass is 351 g/mol. The van der Waals surface area contributed by atoms with E-state index >= 15 is 0 Å². The van der Waals surface area contributed by atoms with Crippen molar-refractivity contribution in [1.82, 2.24) is 10.2 Å². The Labute approximate surface area is 147 Å². The fraction of sp³-hybridized carbons (Fsp3) is 0.529. The molecule has 0 unspecified atom stereocenters. The van der Waals surface area contributed by atoms with E-state index in [1.165, 1.54) is 0 Å². The summed E-state index contributed by atoms with van der Waals surface area (Å²) in [5.41, 5.74) is 0.990. The van der Waals surface area contributed by atoms with Crippen molar-refractivity contribution in [2.45, 2.75) is 12.8 Å². The van der Waals surface area contributed by atoms with Crippen molar-refractivity contribution < 1.29 is 24.2 Å². The third-order valence-corrected chi connectivity index (χ3v) is 4.10. The summed E-state index contributed by atoms with van der Waals surface area (Å²) in [4.78, 5) is 26.6. The van der Waals surface area contributed by atoms with Crippen molar-refractivity contribution in [2.75, 3.05) is 51.8 Å². The molecular formula is C17H25N3O5. The van der Waals surface area contributed by atoms with Crippen LogP contribution in [0.15, 0.2) is 18.2 Å². The first-order chi connectivity index (χ1) is 12.0. The number of rotatable bonds is 6. The fourth-order valence-corrected chi connectivity index (χ4v) is 2.74. The highest BCUT2D eigenvalue weighted by Gasteiger charge is 2.20. The van der Waals surface area contributed by atoms with E-state index in [0.717, 1.165) is 30.2 Å². The first-order valence-electron chi connectivity index (χ1n) is 8.26. The predicted octanol–water partition coefficient (Wildman–Crippen LogP) is 1.40. The van der Waals surface area contributed by atoms with E-state index in [1.54, 1.807) is 19.1 Å². The number of hydrogen-bond acceptors (Lipinski definition) is 5. The van der Waals surface area contributed by atoms with E-state index in [4.69, 9.17) is 14.6 Å². The fourth-order valence-electron chi connectivity index (χ4n) is 2.74. The van der Waals surface area contributed by atoms with Crippen molar-refractivity contribution in [2.24, 2.45) is 0 Å². The molecule has 1 fully saturated rings. The normalized spacial score (nSPS) is 14.6. The zero-order valence-corrected chi connectivity index (χ0v) is 14.7. The Bertz CT molecular complexity index is 586. The van der Waals surface area contributed by atoms with Crippen LogP contribution in [0, 0.1) is 0 Å². The number of methoxy groups -OCH3 is 2. The molecule has 1 heterocycles. The molecule has 0 atom stereocenters.